The van der Waals surface area contributed by atoms with E-state index in [9.17, 15) is 18.0 Å². The zero-order valence-corrected chi connectivity index (χ0v) is 23.4. The van der Waals surface area contributed by atoms with Crippen LogP contribution in [0.3, 0.4) is 0 Å². The zero-order chi connectivity index (χ0) is 28.2. The lowest BCUT2D eigenvalue weighted by Gasteiger charge is -2.49. The van der Waals surface area contributed by atoms with Crippen molar-refractivity contribution in [3.63, 3.8) is 0 Å². The molecule has 0 aromatic heterocycles. The van der Waals surface area contributed by atoms with E-state index in [1.165, 1.54) is 23.3 Å². The number of alkyl halides is 3. The summed E-state index contributed by atoms with van der Waals surface area (Å²) in [6.07, 6.45) is -1.28. The van der Waals surface area contributed by atoms with E-state index in [1.807, 2.05) is 0 Å². The van der Waals surface area contributed by atoms with Gasteiger partial charge in [0.05, 0.1) is 12.2 Å². The summed E-state index contributed by atoms with van der Waals surface area (Å²) >= 11 is 0. The minimum absolute atomic E-state index is 0.202. The van der Waals surface area contributed by atoms with Crippen LogP contribution in [0.1, 0.15) is 57.9 Å². The number of methoxy groups -OCH3 is 1. The number of ether oxygens (including phenoxy) is 2. The number of carbonyl (C=O) groups excluding carboxylic acids is 1. The number of hydrogen-bond donors (Lipinski definition) is 0. The van der Waals surface area contributed by atoms with Crippen LogP contribution in [0.2, 0.25) is 0 Å². The first-order valence-electron chi connectivity index (χ1n) is 13.7. The Bertz CT molecular complexity index is 1120. The Morgan fingerprint density at radius 1 is 1.00 bits per heavy atom. The number of benzene rings is 2. The Balaban J connectivity index is 1.39. The molecule has 9 heteroatoms. The van der Waals surface area contributed by atoms with Gasteiger partial charge in [-0.3, -0.25) is 9.69 Å². The number of amides is 1. The van der Waals surface area contributed by atoms with Crippen molar-refractivity contribution >= 4 is 5.91 Å². The van der Waals surface area contributed by atoms with Crippen molar-refractivity contribution in [2.45, 2.75) is 51.4 Å². The third-order valence-electron chi connectivity index (χ3n) is 8.24. The van der Waals surface area contributed by atoms with Gasteiger partial charge in [0.1, 0.15) is 12.4 Å². The molecule has 2 atom stereocenters. The molecule has 0 radical (unpaired) electrons. The maximum atomic E-state index is 13.1. The van der Waals surface area contributed by atoms with Gasteiger partial charge in [0, 0.05) is 57.5 Å². The average Bonchev–Trinajstić information content (AvgIpc) is 2.93. The summed E-state index contributed by atoms with van der Waals surface area (Å²) in [4.78, 5) is 19.6. The van der Waals surface area contributed by atoms with Gasteiger partial charge in [-0.2, -0.15) is 13.2 Å². The number of rotatable bonds is 9. The molecule has 1 unspecified atom stereocenters. The number of nitrogens with zero attached hydrogens (tertiary/aromatic N) is 3. The third-order valence-corrected chi connectivity index (χ3v) is 8.24. The van der Waals surface area contributed by atoms with Crippen molar-refractivity contribution in [1.82, 2.24) is 14.7 Å². The first-order chi connectivity index (χ1) is 18.6. The Morgan fingerprint density at radius 2 is 1.72 bits per heavy atom. The lowest BCUT2D eigenvalue weighted by Crippen LogP contribution is -2.57. The number of piperazine rings is 1. The SMILES string of the molecule is COCCN(C)CCOc1ccc(C2CCC[C@H]3CN(C(=O)c4ccc(C(F)(F)F)cc4)CCN23)c(C)c1C. The fraction of sp³-hybridized carbons (Fsp3) is 0.567. The van der Waals surface area contributed by atoms with Crippen LogP contribution in [0.25, 0.3) is 0 Å². The summed E-state index contributed by atoms with van der Waals surface area (Å²) in [6, 6.07) is 9.33. The van der Waals surface area contributed by atoms with Crippen molar-refractivity contribution in [2.24, 2.45) is 0 Å². The molecule has 2 aliphatic rings. The Kier molecular flexibility index (Phi) is 9.56. The number of carbonyl (C=O) groups is 1. The molecule has 0 spiro atoms. The van der Waals surface area contributed by atoms with E-state index in [0.717, 1.165) is 62.3 Å². The predicted octanol–water partition coefficient (Wildman–Crippen LogP) is 5.33. The monoisotopic (exact) mass is 547 g/mol. The summed E-state index contributed by atoms with van der Waals surface area (Å²) in [7, 11) is 3.76. The largest absolute Gasteiger partial charge is 0.492 e. The van der Waals surface area contributed by atoms with Gasteiger partial charge < -0.3 is 19.3 Å². The second-order valence-corrected chi connectivity index (χ2v) is 10.7. The molecule has 4 rings (SSSR count). The molecule has 214 valence electrons. The highest BCUT2D eigenvalue weighted by Crippen LogP contribution is 2.39. The van der Waals surface area contributed by atoms with E-state index in [2.05, 4.69) is 42.8 Å². The van der Waals surface area contributed by atoms with E-state index in [4.69, 9.17) is 9.47 Å². The molecule has 2 fully saturated rings. The Morgan fingerprint density at radius 3 is 2.41 bits per heavy atom. The van der Waals surface area contributed by atoms with Gasteiger partial charge in [0.25, 0.3) is 5.91 Å². The minimum atomic E-state index is -4.41. The molecular weight excluding hydrogens is 507 g/mol. The molecule has 39 heavy (non-hydrogen) atoms. The van der Waals surface area contributed by atoms with Gasteiger partial charge in [-0.05, 0) is 87.2 Å². The molecule has 2 aliphatic heterocycles. The van der Waals surface area contributed by atoms with E-state index < -0.39 is 11.7 Å². The first-order valence-corrected chi connectivity index (χ1v) is 13.7. The molecule has 1 amide bonds. The molecule has 2 heterocycles. The highest BCUT2D eigenvalue weighted by Gasteiger charge is 2.38. The van der Waals surface area contributed by atoms with Crippen LogP contribution >= 0.6 is 0 Å². The van der Waals surface area contributed by atoms with E-state index in [0.29, 0.717) is 31.9 Å². The molecule has 2 aromatic rings. The van der Waals surface area contributed by atoms with E-state index in [1.54, 1.807) is 12.0 Å². The third kappa shape index (κ3) is 6.94. The Labute approximate surface area is 229 Å². The molecule has 2 saturated heterocycles. The number of hydrogen-bond acceptors (Lipinski definition) is 5. The van der Waals surface area contributed by atoms with Crippen LogP contribution in [-0.2, 0) is 10.9 Å². The van der Waals surface area contributed by atoms with Gasteiger partial charge in [-0.25, -0.2) is 0 Å². The van der Waals surface area contributed by atoms with Crippen LogP contribution < -0.4 is 4.74 Å². The lowest BCUT2D eigenvalue weighted by atomic mass is 9.86. The van der Waals surface area contributed by atoms with Gasteiger partial charge in [0.2, 0.25) is 0 Å². The normalized spacial score (nSPS) is 20.3. The zero-order valence-electron chi connectivity index (χ0n) is 23.4. The van der Waals surface area contributed by atoms with Crippen LogP contribution in [0.5, 0.6) is 5.75 Å². The maximum absolute atomic E-state index is 13.1. The van der Waals surface area contributed by atoms with Gasteiger partial charge in [0.15, 0.2) is 0 Å². The standard InChI is InChI=1S/C30H40F3N3O3/c1-21-22(2)28(39-19-17-34(3)16-18-38-4)13-12-26(21)27-7-5-6-25-20-35(14-15-36(25)27)29(37)23-8-10-24(11-9-23)30(31,32)33/h8-13,25,27H,5-7,14-20H2,1-4H3/t25-,27?/m0/s1. The van der Waals surface area contributed by atoms with Crippen LogP contribution in [0.15, 0.2) is 36.4 Å². The number of likely N-dealkylation sites (N-methyl/N-ethyl adjacent to an activating group) is 1. The molecule has 0 N–H and O–H groups in total. The quantitative estimate of drug-likeness (QED) is 0.425. The second-order valence-electron chi connectivity index (χ2n) is 10.7. The second kappa shape index (κ2) is 12.7. The highest BCUT2D eigenvalue weighted by atomic mass is 19.4. The molecule has 2 aromatic carbocycles. The van der Waals surface area contributed by atoms with Crippen LogP contribution in [-0.4, -0.2) is 86.7 Å². The molecular formula is C30H40F3N3O3. The molecule has 0 saturated carbocycles. The smallest absolute Gasteiger partial charge is 0.416 e. The van der Waals surface area contributed by atoms with Crippen molar-refractivity contribution in [3.8, 4) is 5.75 Å². The first kappa shape index (κ1) is 29.4. The van der Waals surface area contributed by atoms with Gasteiger partial charge in [-0.15, -0.1) is 0 Å². The van der Waals surface area contributed by atoms with Crippen LogP contribution in [0, 0.1) is 13.8 Å². The van der Waals surface area contributed by atoms with Gasteiger partial charge >= 0.3 is 6.18 Å². The predicted molar refractivity (Wildman–Crippen MR) is 145 cm³/mol. The Hall–Kier alpha value is -2.62. The molecule has 6 nitrogen and oxygen atoms in total. The summed E-state index contributed by atoms with van der Waals surface area (Å²) in [5, 5.41) is 0. The van der Waals surface area contributed by atoms with E-state index in [-0.39, 0.29) is 18.0 Å². The number of fused-ring (bicyclic) bond motifs is 1. The summed E-state index contributed by atoms with van der Waals surface area (Å²) in [6.45, 7) is 9.16. The number of piperidine rings is 1. The molecule has 0 bridgehead atoms. The summed E-state index contributed by atoms with van der Waals surface area (Å²) < 4.78 is 50.0. The topological polar surface area (TPSA) is 45.3 Å². The highest BCUT2D eigenvalue weighted by molar-refractivity contribution is 5.94. The summed E-state index contributed by atoms with van der Waals surface area (Å²) in [5.74, 6) is 0.711. The van der Waals surface area contributed by atoms with Gasteiger partial charge in [-0.1, -0.05) is 6.07 Å². The maximum Gasteiger partial charge on any atom is 0.416 e. The fourth-order valence-corrected chi connectivity index (χ4v) is 5.76. The fourth-order valence-electron chi connectivity index (χ4n) is 5.76. The van der Waals surface area contributed by atoms with Crippen molar-refractivity contribution in [2.75, 3.05) is 60.1 Å². The van der Waals surface area contributed by atoms with Crippen molar-refractivity contribution in [3.05, 3.63) is 64.2 Å². The van der Waals surface area contributed by atoms with Crippen molar-refractivity contribution < 1.29 is 27.4 Å². The number of halogens is 3. The van der Waals surface area contributed by atoms with Crippen LogP contribution in [0.4, 0.5) is 13.2 Å². The average molecular weight is 548 g/mol. The lowest BCUT2D eigenvalue weighted by molar-refractivity contribution is -0.137. The summed E-state index contributed by atoms with van der Waals surface area (Å²) in [5.41, 5.74) is 3.27. The van der Waals surface area contributed by atoms with Crippen molar-refractivity contribution in [1.29, 1.82) is 0 Å². The van der Waals surface area contributed by atoms with E-state index >= 15 is 0 Å². The minimum Gasteiger partial charge on any atom is -0.492 e. The molecule has 0 aliphatic carbocycles.